The van der Waals surface area contributed by atoms with Gasteiger partial charge in [-0.2, -0.15) is 0 Å². The van der Waals surface area contributed by atoms with Crippen molar-refractivity contribution in [1.29, 1.82) is 0 Å². The van der Waals surface area contributed by atoms with E-state index in [9.17, 15) is 9.59 Å². The molecule has 3 aromatic rings. The van der Waals surface area contributed by atoms with Crippen molar-refractivity contribution >= 4 is 11.4 Å². The Bertz CT molecular complexity index is 874. The number of rotatable bonds is 1. The molecule has 0 atom stereocenters. The molecule has 0 aliphatic carbocycles. The van der Waals surface area contributed by atoms with Crippen LogP contribution >= 0.6 is 0 Å². The summed E-state index contributed by atoms with van der Waals surface area (Å²) in [5.41, 5.74) is 3.29. The molecule has 96 valence electrons. The van der Waals surface area contributed by atoms with Crippen LogP contribution < -0.4 is 15.8 Å². The third kappa shape index (κ3) is 1.35. The molecule has 0 unspecified atom stereocenters. The molecule has 1 aliphatic heterocycles. The van der Waals surface area contributed by atoms with Crippen LogP contribution in [0.5, 0.6) is 0 Å². The fourth-order valence-corrected chi connectivity index (χ4v) is 2.87. The molecule has 0 saturated heterocycles. The lowest BCUT2D eigenvalue weighted by Gasteiger charge is -2.33. The molecule has 3 aromatic carbocycles. The molecule has 1 heterocycles. The normalized spacial score (nSPS) is 13.1. The molecule has 0 spiro atoms. The molecule has 0 saturated carbocycles. The average Bonchev–Trinajstić information content (AvgIpc) is 2.53. The highest BCUT2D eigenvalue weighted by Crippen LogP contribution is 2.39. The summed E-state index contributed by atoms with van der Waals surface area (Å²) < 4.78 is 0. The van der Waals surface area contributed by atoms with Crippen LogP contribution in [0, 0.1) is 0 Å². The van der Waals surface area contributed by atoms with Gasteiger partial charge in [-0.15, -0.1) is 0 Å². The number of anilines is 2. The van der Waals surface area contributed by atoms with Crippen LogP contribution in [0.25, 0.3) is 11.1 Å². The number of fused-ring (bicyclic) bond motifs is 3. The average molecular weight is 261 g/mol. The Morgan fingerprint density at radius 3 is 2.30 bits per heavy atom. The van der Waals surface area contributed by atoms with E-state index in [4.69, 9.17) is 0 Å². The Kier molecular flexibility index (Phi) is 2.18. The van der Waals surface area contributed by atoms with Crippen LogP contribution in [0.15, 0.2) is 64.2 Å². The van der Waals surface area contributed by atoms with E-state index in [1.807, 2.05) is 59.5 Å². The van der Waals surface area contributed by atoms with Crippen LogP contribution in [0.4, 0.5) is 11.4 Å². The zero-order chi connectivity index (χ0) is 13.7. The number of para-hydroxylation sites is 1. The molecule has 1 aliphatic rings. The van der Waals surface area contributed by atoms with Gasteiger partial charge < -0.3 is 4.90 Å². The molecule has 0 bridgehead atoms. The van der Waals surface area contributed by atoms with Gasteiger partial charge in [0.2, 0.25) is 5.43 Å². The number of hydrogen-bond donors (Lipinski definition) is 0. The summed E-state index contributed by atoms with van der Waals surface area (Å²) in [4.78, 5) is 25.8. The molecule has 20 heavy (non-hydrogen) atoms. The van der Waals surface area contributed by atoms with Crippen LogP contribution in [-0.2, 0) is 6.54 Å². The lowest BCUT2D eigenvalue weighted by Crippen LogP contribution is -2.42. The smallest absolute Gasteiger partial charge is 0.250 e. The van der Waals surface area contributed by atoms with Crippen molar-refractivity contribution in [1.82, 2.24) is 0 Å². The second-order valence-electron chi connectivity index (χ2n) is 4.96. The minimum absolute atomic E-state index is 0.368. The monoisotopic (exact) mass is 261 g/mol. The van der Waals surface area contributed by atoms with E-state index in [0.29, 0.717) is 17.8 Å². The molecule has 0 aromatic heterocycles. The highest BCUT2D eigenvalue weighted by atomic mass is 16.2. The van der Waals surface area contributed by atoms with Crippen LogP contribution in [0.3, 0.4) is 0 Å². The molecule has 0 N–H and O–H groups in total. The number of benzene rings is 2. The third-order valence-corrected chi connectivity index (χ3v) is 3.84. The van der Waals surface area contributed by atoms with Gasteiger partial charge in [0.1, 0.15) is 5.69 Å². The SMILES string of the molecule is O=c1c2c(c1=O)N(c1ccccc1)Cc1ccccc1-2. The molecule has 3 heteroatoms. The van der Waals surface area contributed by atoms with Crippen LogP contribution in [0.1, 0.15) is 5.56 Å². The summed E-state index contributed by atoms with van der Waals surface area (Å²) in [5, 5.41) is 0. The lowest BCUT2D eigenvalue weighted by molar-refractivity contribution is 0.941. The second-order valence-corrected chi connectivity index (χ2v) is 4.96. The van der Waals surface area contributed by atoms with E-state index in [1.54, 1.807) is 0 Å². The Labute approximate surface area is 115 Å². The van der Waals surface area contributed by atoms with Crippen LogP contribution in [-0.4, -0.2) is 0 Å². The molecule has 4 rings (SSSR count). The Balaban J connectivity index is 1.97. The summed E-state index contributed by atoms with van der Waals surface area (Å²) in [6.07, 6.45) is 0. The van der Waals surface area contributed by atoms with Gasteiger partial charge >= 0.3 is 0 Å². The fourth-order valence-electron chi connectivity index (χ4n) is 2.87. The zero-order valence-corrected chi connectivity index (χ0v) is 10.7. The van der Waals surface area contributed by atoms with E-state index in [2.05, 4.69) is 0 Å². The van der Waals surface area contributed by atoms with Gasteiger partial charge in [0.25, 0.3) is 5.43 Å². The lowest BCUT2D eigenvalue weighted by atomic mass is 9.89. The molecular weight excluding hydrogens is 250 g/mol. The topological polar surface area (TPSA) is 37.4 Å². The van der Waals surface area contributed by atoms with Gasteiger partial charge in [0, 0.05) is 12.2 Å². The van der Waals surface area contributed by atoms with E-state index in [0.717, 1.165) is 16.8 Å². The zero-order valence-electron chi connectivity index (χ0n) is 10.7. The highest BCUT2D eigenvalue weighted by molar-refractivity contribution is 5.90. The Hall–Kier alpha value is -2.68. The van der Waals surface area contributed by atoms with Gasteiger partial charge in [0.05, 0.1) is 5.56 Å². The molecule has 0 radical (unpaired) electrons. The van der Waals surface area contributed by atoms with Gasteiger partial charge in [-0.05, 0) is 23.3 Å². The highest BCUT2D eigenvalue weighted by Gasteiger charge is 2.33. The molecule has 0 fully saturated rings. The molecular formula is C17H11NO2. The summed E-state index contributed by atoms with van der Waals surface area (Å²) in [5.74, 6) is 0. The van der Waals surface area contributed by atoms with E-state index in [-0.39, 0.29) is 10.9 Å². The standard InChI is InChI=1S/C17H11NO2/c19-16-14-13-9-5-4-6-11(13)10-18(15(14)17(16)20)12-7-2-1-3-8-12/h1-9H,10H2. The minimum atomic E-state index is -0.377. The third-order valence-electron chi connectivity index (χ3n) is 3.84. The number of hydrogen-bond acceptors (Lipinski definition) is 3. The summed E-state index contributed by atoms with van der Waals surface area (Å²) >= 11 is 0. The minimum Gasteiger partial charge on any atom is -0.333 e. The first-order chi connectivity index (χ1) is 9.77. The van der Waals surface area contributed by atoms with Crippen molar-refractivity contribution in [2.45, 2.75) is 6.54 Å². The Morgan fingerprint density at radius 2 is 1.50 bits per heavy atom. The maximum Gasteiger partial charge on any atom is 0.250 e. The maximum absolute atomic E-state index is 11.9. The van der Waals surface area contributed by atoms with Crippen molar-refractivity contribution in [3.63, 3.8) is 0 Å². The first-order valence-electron chi connectivity index (χ1n) is 6.51. The maximum atomic E-state index is 11.9. The van der Waals surface area contributed by atoms with Crippen molar-refractivity contribution in [2.24, 2.45) is 0 Å². The van der Waals surface area contributed by atoms with Gasteiger partial charge in [-0.25, -0.2) is 0 Å². The van der Waals surface area contributed by atoms with E-state index >= 15 is 0 Å². The quantitative estimate of drug-likeness (QED) is 0.632. The summed E-state index contributed by atoms with van der Waals surface area (Å²) in [7, 11) is 0. The first-order valence-corrected chi connectivity index (χ1v) is 6.51. The molecule has 3 nitrogen and oxygen atoms in total. The first kappa shape index (κ1) is 11.2. The second kappa shape index (κ2) is 3.90. The number of nitrogens with zero attached hydrogens (tertiary/aromatic N) is 1. The summed E-state index contributed by atoms with van der Waals surface area (Å²) in [6, 6.07) is 17.5. The van der Waals surface area contributed by atoms with Crippen LogP contribution in [0.2, 0.25) is 0 Å². The van der Waals surface area contributed by atoms with Gasteiger partial charge in [0.15, 0.2) is 0 Å². The summed E-state index contributed by atoms with van der Waals surface area (Å²) in [6.45, 7) is 0.623. The van der Waals surface area contributed by atoms with Gasteiger partial charge in [-0.3, -0.25) is 9.59 Å². The predicted octanol–water partition coefficient (Wildman–Crippen LogP) is 2.60. The van der Waals surface area contributed by atoms with Gasteiger partial charge in [-0.1, -0.05) is 42.5 Å². The van der Waals surface area contributed by atoms with E-state index in [1.165, 1.54) is 0 Å². The molecule has 0 amide bonds. The Morgan fingerprint density at radius 1 is 0.800 bits per heavy atom. The van der Waals surface area contributed by atoms with E-state index < -0.39 is 0 Å². The van der Waals surface area contributed by atoms with Crippen molar-refractivity contribution < 1.29 is 0 Å². The predicted molar refractivity (Wildman–Crippen MR) is 79.1 cm³/mol. The van der Waals surface area contributed by atoms with Crippen molar-refractivity contribution in [2.75, 3.05) is 4.90 Å². The largest absolute Gasteiger partial charge is 0.333 e. The fraction of sp³-hybridized carbons (Fsp3) is 0.0588. The van der Waals surface area contributed by atoms with Crippen molar-refractivity contribution in [3.05, 3.63) is 80.6 Å². The van der Waals surface area contributed by atoms with Crippen molar-refractivity contribution in [3.8, 4) is 11.1 Å².